The third-order valence-corrected chi connectivity index (χ3v) is 8.60. The summed E-state index contributed by atoms with van der Waals surface area (Å²) < 4.78 is 27.9. The van der Waals surface area contributed by atoms with E-state index in [1.165, 1.54) is 45.0 Å². The van der Waals surface area contributed by atoms with Crippen molar-refractivity contribution in [2.75, 3.05) is 5.32 Å². The Morgan fingerprint density at radius 3 is 1.92 bits per heavy atom. The number of ketones is 1. The molecule has 15 nitrogen and oxygen atoms in total. The van der Waals surface area contributed by atoms with Gasteiger partial charge < -0.3 is 31.5 Å². The first-order chi connectivity index (χ1) is 23.8. The van der Waals surface area contributed by atoms with Gasteiger partial charge in [0, 0.05) is 36.2 Å². The van der Waals surface area contributed by atoms with E-state index < -0.39 is 107 Å². The zero-order valence-corrected chi connectivity index (χ0v) is 27.9. The van der Waals surface area contributed by atoms with Crippen molar-refractivity contribution in [1.82, 2.24) is 10.4 Å². The number of nitrogens with zero attached hydrogens (tertiary/aromatic N) is 1. The summed E-state index contributed by atoms with van der Waals surface area (Å²) in [4.78, 5) is 90.1. The van der Waals surface area contributed by atoms with E-state index in [1.807, 2.05) is 0 Å². The Morgan fingerprint density at radius 2 is 1.43 bits per heavy atom. The second kappa shape index (κ2) is 17.1. The van der Waals surface area contributed by atoms with E-state index in [2.05, 4.69) is 10.7 Å². The van der Waals surface area contributed by atoms with Crippen LogP contribution >= 0.6 is 0 Å². The number of hydrazine groups is 1. The van der Waals surface area contributed by atoms with Crippen LogP contribution in [-0.2, 0) is 35.2 Å². The number of carbonyl (C=O) groups is 7. The van der Waals surface area contributed by atoms with Crippen molar-refractivity contribution in [3.05, 3.63) is 65.2 Å². The van der Waals surface area contributed by atoms with Crippen LogP contribution in [0.15, 0.2) is 42.5 Å². The smallest absolute Gasteiger partial charge is 0.328 e. The molecule has 0 spiro atoms. The van der Waals surface area contributed by atoms with E-state index >= 15 is 0 Å². The molecular formula is C34H40F2N4O11. The molecule has 0 aromatic heterocycles. The standard InChI is InChI=1S/C34H40F2N4O11/c1-15(2)27(34(50)51)40(39-30(44)19-10-20(32(46)47)12-21(11-19)33(48)49)31(45)26(28(42)18-5-4-6-24(13-18)38-16(3)41)29(43)25(37)9-17-7-22(35)14-23(36)8-17/h4-8,13-15,19-21,25-27,29,43H,9-12,37H2,1-3H3,(H,38,41)(H,39,44)(H,46,47)(H,48,49)(H,50,51)/t19?,20-,21+,25-,26?,27-,29+/m0/s1. The van der Waals surface area contributed by atoms with Crippen LogP contribution in [0.1, 0.15) is 56.0 Å². The van der Waals surface area contributed by atoms with Crippen LogP contribution in [0.4, 0.5) is 14.5 Å². The molecular weight excluding hydrogens is 678 g/mol. The molecule has 0 aliphatic heterocycles. The van der Waals surface area contributed by atoms with E-state index in [9.17, 15) is 62.8 Å². The Kier molecular flexibility index (Phi) is 13.4. The number of rotatable bonds is 14. The van der Waals surface area contributed by atoms with E-state index in [1.54, 1.807) is 0 Å². The van der Waals surface area contributed by atoms with Crippen molar-refractivity contribution >= 4 is 47.1 Å². The van der Waals surface area contributed by atoms with Gasteiger partial charge in [-0.05, 0) is 61.4 Å². The summed E-state index contributed by atoms with van der Waals surface area (Å²) in [6, 6.07) is 4.10. The molecule has 0 saturated heterocycles. The molecule has 0 radical (unpaired) electrons. The zero-order chi connectivity index (χ0) is 38.3. The molecule has 2 unspecified atom stereocenters. The van der Waals surface area contributed by atoms with Crippen LogP contribution in [0, 0.1) is 41.2 Å². The van der Waals surface area contributed by atoms with Gasteiger partial charge in [-0.3, -0.25) is 34.2 Å². The number of aliphatic carboxylic acids is 3. The molecule has 7 atom stereocenters. The highest BCUT2D eigenvalue weighted by molar-refractivity contribution is 6.12. The number of carboxylic acid groups (broad SMARTS) is 3. The molecule has 3 rings (SSSR count). The van der Waals surface area contributed by atoms with Gasteiger partial charge in [-0.1, -0.05) is 26.0 Å². The van der Waals surface area contributed by atoms with Gasteiger partial charge >= 0.3 is 17.9 Å². The van der Waals surface area contributed by atoms with Crippen molar-refractivity contribution < 1.29 is 62.8 Å². The molecule has 2 aromatic carbocycles. The Hall–Kier alpha value is -5.29. The summed E-state index contributed by atoms with van der Waals surface area (Å²) in [5, 5.41) is 43.7. The number of carbonyl (C=O) groups excluding carboxylic acids is 4. The first-order valence-corrected chi connectivity index (χ1v) is 15.9. The number of carboxylic acids is 3. The number of hydrogen-bond acceptors (Lipinski definition) is 9. The third kappa shape index (κ3) is 10.4. The third-order valence-electron chi connectivity index (χ3n) is 8.60. The number of aliphatic hydroxyl groups is 1. The van der Waals surface area contributed by atoms with Gasteiger partial charge in [0.2, 0.25) is 11.8 Å². The Labute approximate surface area is 290 Å². The van der Waals surface area contributed by atoms with E-state index in [0.29, 0.717) is 11.1 Å². The summed E-state index contributed by atoms with van der Waals surface area (Å²) >= 11 is 0. The minimum absolute atomic E-state index is 0.0561. The summed E-state index contributed by atoms with van der Waals surface area (Å²) in [6.45, 7) is 3.95. The van der Waals surface area contributed by atoms with Crippen LogP contribution in [-0.4, -0.2) is 85.0 Å². The van der Waals surface area contributed by atoms with Crippen LogP contribution in [0.5, 0.6) is 0 Å². The van der Waals surface area contributed by atoms with Crippen LogP contribution in [0.25, 0.3) is 0 Å². The van der Waals surface area contributed by atoms with E-state index in [4.69, 9.17) is 5.73 Å². The molecule has 3 amide bonds. The highest BCUT2D eigenvalue weighted by atomic mass is 19.1. The van der Waals surface area contributed by atoms with Crippen molar-refractivity contribution in [2.45, 2.75) is 64.6 Å². The lowest BCUT2D eigenvalue weighted by atomic mass is 9.75. The number of halogens is 2. The summed E-state index contributed by atoms with van der Waals surface area (Å²) in [6.07, 6.45) is -3.62. The molecule has 276 valence electrons. The molecule has 1 aliphatic rings. The van der Waals surface area contributed by atoms with Gasteiger partial charge in [0.1, 0.15) is 17.6 Å². The SMILES string of the molecule is CC(=O)Nc1cccc(C(=O)C(C(=O)N(NC(=O)C2C[C@@H](C(=O)O)C[C@@H](C(=O)O)C2)[C@H](C(=O)O)C(C)C)[C@H](O)[C@@H](N)Cc2cc(F)cc(F)c2)c1. The fourth-order valence-electron chi connectivity index (χ4n) is 6.17. The monoisotopic (exact) mass is 718 g/mol. The first-order valence-electron chi connectivity index (χ1n) is 15.9. The zero-order valence-electron chi connectivity index (χ0n) is 27.9. The summed E-state index contributed by atoms with van der Waals surface area (Å²) in [5.74, 6) is -17.6. The highest BCUT2D eigenvalue weighted by Crippen LogP contribution is 2.34. The molecule has 1 fully saturated rings. The average molecular weight is 719 g/mol. The number of hydrogen-bond donors (Lipinski definition) is 7. The molecule has 51 heavy (non-hydrogen) atoms. The molecule has 1 saturated carbocycles. The quantitative estimate of drug-likeness (QED) is 0.0839. The normalized spacial score (nSPS) is 19.6. The predicted octanol–water partition coefficient (Wildman–Crippen LogP) is 1.82. The van der Waals surface area contributed by atoms with Crippen molar-refractivity contribution in [3.63, 3.8) is 0 Å². The number of nitrogens with two attached hydrogens (primary N) is 1. The molecule has 1 aliphatic carbocycles. The van der Waals surface area contributed by atoms with Gasteiger partial charge in [-0.15, -0.1) is 0 Å². The maximum atomic E-state index is 14.5. The van der Waals surface area contributed by atoms with Crippen LogP contribution in [0.3, 0.4) is 0 Å². The van der Waals surface area contributed by atoms with E-state index in [0.717, 1.165) is 12.1 Å². The maximum absolute atomic E-state index is 14.5. The van der Waals surface area contributed by atoms with E-state index in [-0.39, 0.29) is 36.1 Å². The minimum Gasteiger partial charge on any atom is -0.481 e. The lowest BCUT2D eigenvalue weighted by molar-refractivity contribution is -0.163. The fraction of sp³-hybridized carbons (Fsp3) is 0.441. The highest BCUT2D eigenvalue weighted by Gasteiger charge is 2.46. The topological polar surface area (TPSA) is 254 Å². The minimum atomic E-state index is -2.27. The Morgan fingerprint density at radius 1 is 0.882 bits per heavy atom. The first kappa shape index (κ1) is 40.1. The number of nitrogens with one attached hydrogen (secondary N) is 2. The molecule has 8 N–H and O–H groups in total. The largest absolute Gasteiger partial charge is 0.481 e. The number of aliphatic hydroxyl groups excluding tert-OH is 1. The second-order valence-electron chi connectivity index (χ2n) is 12.9. The number of benzene rings is 2. The Bertz CT molecular complexity index is 1640. The second-order valence-corrected chi connectivity index (χ2v) is 12.9. The molecule has 0 heterocycles. The molecule has 17 heteroatoms. The summed E-state index contributed by atoms with van der Waals surface area (Å²) in [7, 11) is 0. The number of Topliss-reactive ketones (excluding diaryl/α,β-unsaturated/α-hetero) is 1. The van der Waals surface area contributed by atoms with Crippen LogP contribution in [0.2, 0.25) is 0 Å². The van der Waals surface area contributed by atoms with Gasteiger partial charge in [0.05, 0.1) is 17.9 Å². The number of anilines is 1. The van der Waals surface area contributed by atoms with Gasteiger partial charge in [0.15, 0.2) is 11.8 Å². The Balaban J connectivity index is 2.12. The summed E-state index contributed by atoms with van der Waals surface area (Å²) in [5.41, 5.74) is 8.18. The lowest BCUT2D eigenvalue weighted by Crippen LogP contribution is -2.62. The van der Waals surface area contributed by atoms with Crippen molar-refractivity contribution in [3.8, 4) is 0 Å². The number of amides is 3. The van der Waals surface area contributed by atoms with Gasteiger partial charge in [-0.2, -0.15) is 0 Å². The van der Waals surface area contributed by atoms with Gasteiger partial charge in [-0.25, -0.2) is 18.6 Å². The van der Waals surface area contributed by atoms with Crippen molar-refractivity contribution in [1.29, 1.82) is 0 Å². The van der Waals surface area contributed by atoms with Crippen LogP contribution < -0.4 is 16.5 Å². The average Bonchev–Trinajstić information content (AvgIpc) is 3.02. The lowest BCUT2D eigenvalue weighted by Gasteiger charge is -2.37. The maximum Gasteiger partial charge on any atom is 0.328 e. The molecule has 0 bridgehead atoms. The van der Waals surface area contributed by atoms with Gasteiger partial charge in [0.25, 0.3) is 5.91 Å². The van der Waals surface area contributed by atoms with Crippen molar-refractivity contribution in [2.24, 2.45) is 35.3 Å². The molecule has 2 aromatic rings. The fourth-order valence-corrected chi connectivity index (χ4v) is 6.17. The predicted molar refractivity (Wildman–Crippen MR) is 173 cm³/mol.